The van der Waals surface area contributed by atoms with Crippen LogP contribution in [0, 0.1) is 6.92 Å². The number of rotatable bonds is 12. The molecule has 0 spiro atoms. The van der Waals surface area contributed by atoms with Gasteiger partial charge in [-0.15, -0.1) is 0 Å². The van der Waals surface area contributed by atoms with E-state index < -0.39 is 22.0 Å². The van der Waals surface area contributed by atoms with Crippen molar-refractivity contribution >= 4 is 27.5 Å². The van der Waals surface area contributed by atoms with Gasteiger partial charge in [-0.2, -0.15) is 0 Å². The summed E-state index contributed by atoms with van der Waals surface area (Å²) in [6.07, 6.45) is 3.11. The molecule has 0 aliphatic heterocycles. The van der Waals surface area contributed by atoms with Crippen molar-refractivity contribution in [3.8, 4) is 0 Å². The van der Waals surface area contributed by atoms with Crippen molar-refractivity contribution in [2.45, 2.75) is 59.5 Å². The summed E-state index contributed by atoms with van der Waals surface area (Å²) in [6, 6.07) is 14.1. The van der Waals surface area contributed by atoms with Crippen molar-refractivity contribution in [1.82, 2.24) is 10.2 Å². The van der Waals surface area contributed by atoms with E-state index in [4.69, 9.17) is 0 Å². The first-order valence-corrected chi connectivity index (χ1v) is 13.6. The molecule has 1 N–H and O–H groups in total. The number of anilines is 1. The summed E-state index contributed by atoms with van der Waals surface area (Å²) in [5.74, 6) is -0.656. The first kappa shape index (κ1) is 27.4. The molecule has 2 aromatic carbocycles. The number of aryl methyl sites for hydroxylation is 2. The van der Waals surface area contributed by atoms with Crippen LogP contribution in [-0.2, 0) is 32.6 Å². The molecule has 0 aliphatic rings. The fourth-order valence-electron chi connectivity index (χ4n) is 3.77. The van der Waals surface area contributed by atoms with Gasteiger partial charge in [-0.05, 0) is 55.0 Å². The molecular weight excluding hydrogens is 450 g/mol. The van der Waals surface area contributed by atoms with Crippen molar-refractivity contribution in [2.24, 2.45) is 0 Å². The van der Waals surface area contributed by atoms with Crippen molar-refractivity contribution in [3.63, 3.8) is 0 Å². The Labute approximate surface area is 204 Å². The van der Waals surface area contributed by atoms with E-state index in [1.165, 1.54) is 4.90 Å². The molecule has 0 aromatic heterocycles. The molecule has 34 heavy (non-hydrogen) atoms. The summed E-state index contributed by atoms with van der Waals surface area (Å²) >= 11 is 0. The van der Waals surface area contributed by atoms with Gasteiger partial charge in [0.15, 0.2) is 0 Å². The van der Waals surface area contributed by atoms with Crippen LogP contribution in [0.4, 0.5) is 5.69 Å². The minimum Gasteiger partial charge on any atom is -0.354 e. The Kier molecular flexibility index (Phi) is 10.1. The van der Waals surface area contributed by atoms with Crippen LogP contribution >= 0.6 is 0 Å². The summed E-state index contributed by atoms with van der Waals surface area (Å²) in [5.41, 5.74) is 3.41. The van der Waals surface area contributed by atoms with Gasteiger partial charge < -0.3 is 10.2 Å². The van der Waals surface area contributed by atoms with Gasteiger partial charge in [0.1, 0.15) is 12.6 Å². The zero-order valence-corrected chi connectivity index (χ0v) is 21.7. The third kappa shape index (κ3) is 7.32. The third-order valence-electron chi connectivity index (χ3n) is 5.85. The van der Waals surface area contributed by atoms with Crippen molar-refractivity contribution < 1.29 is 18.0 Å². The number of carbonyl (C=O) groups is 2. The van der Waals surface area contributed by atoms with Crippen molar-refractivity contribution in [2.75, 3.05) is 23.7 Å². The second-order valence-electron chi connectivity index (χ2n) is 8.45. The smallest absolute Gasteiger partial charge is 0.244 e. The Morgan fingerprint density at radius 3 is 2.18 bits per heavy atom. The third-order valence-corrected chi connectivity index (χ3v) is 6.99. The predicted octanol–water partition coefficient (Wildman–Crippen LogP) is 3.66. The normalized spacial score (nSPS) is 12.1. The van der Waals surface area contributed by atoms with Gasteiger partial charge in [-0.3, -0.25) is 13.9 Å². The highest BCUT2D eigenvalue weighted by molar-refractivity contribution is 7.92. The van der Waals surface area contributed by atoms with Crippen molar-refractivity contribution in [1.29, 1.82) is 0 Å². The van der Waals surface area contributed by atoms with E-state index in [2.05, 4.69) is 5.32 Å². The van der Waals surface area contributed by atoms with E-state index in [1.54, 1.807) is 12.1 Å². The topological polar surface area (TPSA) is 86.8 Å². The quantitative estimate of drug-likeness (QED) is 0.495. The first-order chi connectivity index (χ1) is 16.1. The summed E-state index contributed by atoms with van der Waals surface area (Å²) in [5, 5.41) is 2.88. The summed E-state index contributed by atoms with van der Waals surface area (Å²) < 4.78 is 26.4. The average molecular weight is 488 g/mol. The minimum atomic E-state index is -3.73. The predicted molar refractivity (Wildman–Crippen MR) is 137 cm³/mol. The molecule has 8 heteroatoms. The number of amides is 2. The van der Waals surface area contributed by atoms with Crippen LogP contribution in [0.25, 0.3) is 0 Å². The van der Waals surface area contributed by atoms with Gasteiger partial charge in [0.25, 0.3) is 0 Å². The lowest BCUT2D eigenvalue weighted by Crippen LogP contribution is -2.52. The molecular formula is C26H37N3O4S. The van der Waals surface area contributed by atoms with E-state index in [1.807, 2.05) is 64.1 Å². The van der Waals surface area contributed by atoms with Crippen LogP contribution in [0.2, 0.25) is 0 Å². The molecule has 186 valence electrons. The van der Waals surface area contributed by atoms with Gasteiger partial charge in [-0.25, -0.2) is 8.42 Å². The number of nitrogens with one attached hydrogen (secondary N) is 1. The van der Waals surface area contributed by atoms with Crippen LogP contribution in [-0.4, -0.2) is 50.5 Å². The number of hydrogen-bond acceptors (Lipinski definition) is 4. The fourth-order valence-corrected chi connectivity index (χ4v) is 4.62. The van der Waals surface area contributed by atoms with Crippen LogP contribution in [0.1, 0.15) is 50.3 Å². The lowest BCUT2D eigenvalue weighted by Gasteiger charge is -2.33. The molecule has 0 heterocycles. The summed E-state index contributed by atoms with van der Waals surface area (Å²) in [6.45, 7) is 8.14. The Balaban J connectivity index is 2.42. The molecule has 2 rings (SSSR count). The highest BCUT2D eigenvalue weighted by atomic mass is 32.2. The molecule has 0 aliphatic carbocycles. The molecule has 7 nitrogen and oxygen atoms in total. The van der Waals surface area contributed by atoms with Gasteiger partial charge in [0.2, 0.25) is 21.8 Å². The molecule has 0 saturated carbocycles. The average Bonchev–Trinajstić information content (AvgIpc) is 2.81. The van der Waals surface area contributed by atoms with E-state index in [-0.39, 0.29) is 19.0 Å². The maximum absolute atomic E-state index is 13.6. The van der Waals surface area contributed by atoms with Crippen molar-refractivity contribution in [3.05, 3.63) is 65.2 Å². The zero-order valence-electron chi connectivity index (χ0n) is 20.9. The molecule has 2 amide bonds. The largest absolute Gasteiger partial charge is 0.354 e. The molecule has 0 bridgehead atoms. The Morgan fingerprint density at radius 2 is 1.65 bits per heavy atom. The number of hydrogen-bond donors (Lipinski definition) is 1. The summed E-state index contributed by atoms with van der Waals surface area (Å²) in [4.78, 5) is 28.1. The number of benzene rings is 2. The fraction of sp³-hybridized carbons (Fsp3) is 0.462. The number of sulfonamides is 1. The van der Waals surface area contributed by atoms with E-state index >= 15 is 0 Å². The standard InChI is InChI=1S/C26H37N3O4S/c1-6-17-27-26(31)24(8-3)28(18-22-12-10-9-11-20(22)4)25(30)19-29(34(5,32)33)23-15-13-21(7-2)14-16-23/h9-16,24H,6-8,17-19H2,1-5H3,(H,27,31)/t24-/m1/s1. The van der Waals surface area contributed by atoms with E-state index in [0.29, 0.717) is 18.7 Å². The molecule has 1 atom stereocenters. The first-order valence-electron chi connectivity index (χ1n) is 11.8. The Hall–Kier alpha value is -2.87. The maximum atomic E-state index is 13.6. The second kappa shape index (κ2) is 12.6. The molecule has 0 unspecified atom stereocenters. The zero-order chi connectivity index (χ0) is 25.3. The van der Waals surface area contributed by atoms with Gasteiger partial charge in [0, 0.05) is 13.1 Å². The summed E-state index contributed by atoms with van der Waals surface area (Å²) in [7, 11) is -3.73. The van der Waals surface area contributed by atoms with Gasteiger partial charge >= 0.3 is 0 Å². The van der Waals surface area contributed by atoms with Crippen LogP contribution < -0.4 is 9.62 Å². The lowest BCUT2D eigenvalue weighted by molar-refractivity contribution is -0.140. The number of carbonyl (C=O) groups excluding carboxylic acids is 2. The maximum Gasteiger partial charge on any atom is 0.244 e. The molecule has 2 aromatic rings. The molecule has 0 saturated heterocycles. The molecule has 0 radical (unpaired) electrons. The SMILES string of the molecule is CCCNC(=O)[C@@H](CC)N(Cc1ccccc1C)C(=O)CN(c1ccc(CC)cc1)S(C)(=O)=O. The molecule has 0 fully saturated rings. The van der Waals surface area contributed by atoms with Gasteiger partial charge in [0.05, 0.1) is 11.9 Å². The van der Waals surface area contributed by atoms with Crippen LogP contribution in [0.3, 0.4) is 0 Å². The van der Waals surface area contributed by atoms with Crippen LogP contribution in [0.15, 0.2) is 48.5 Å². The monoisotopic (exact) mass is 487 g/mol. The van der Waals surface area contributed by atoms with E-state index in [9.17, 15) is 18.0 Å². The Morgan fingerprint density at radius 1 is 1.00 bits per heavy atom. The van der Waals surface area contributed by atoms with Gasteiger partial charge in [-0.1, -0.05) is 57.2 Å². The lowest BCUT2D eigenvalue weighted by atomic mass is 10.1. The Bertz CT molecular complexity index is 1070. The van der Waals surface area contributed by atoms with E-state index in [0.717, 1.165) is 40.1 Å². The second-order valence-corrected chi connectivity index (χ2v) is 10.4. The highest BCUT2D eigenvalue weighted by Gasteiger charge is 2.31. The minimum absolute atomic E-state index is 0.218. The highest BCUT2D eigenvalue weighted by Crippen LogP contribution is 2.21. The van der Waals surface area contributed by atoms with Crippen LogP contribution in [0.5, 0.6) is 0 Å². The number of nitrogens with zero attached hydrogens (tertiary/aromatic N) is 2.